The lowest BCUT2D eigenvalue weighted by atomic mass is 10.0. The van der Waals surface area contributed by atoms with Crippen molar-refractivity contribution in [2.24, 2.45) is 0 Å². The maximum Gasteiger partial charge on any atom is 0.306 e. The summed E-state index contributed by atoms with van der Waals surface area (Å²) in [7, 11) is 0. The van der Waals surface area contributed by atoms with E-state index in [0.29, 0.717) is 19.3 Å². The normalized spacial score (nSPS) is 12.8. The predicted molar refractivity (Wildman–Crippen MR) is 362 cm³/mol. The molecule has 0 aromatic heterocycles. The third kappa shape index (κ3) is 68.7. The fourth-order valence-corrected chi connectivity index (χ4v) is 9.95. The van der Waals surface area contributed by atoms with E-state index in [1.165, 1.54) is 173 Å². The summed E-state index contributed by atoms with van der Waals surface area (Å²) in [5.41, 5.74) is 0. The Balaban J connectivity index is 4.27. The predicted octanol–water partition coefficient (Wildman–Crippen LogP) is 24.6. The van der Waals surface area contributed by atoms with Crippen LogP contribution >= 0.6 is 0 Å². The van der Waals surface area contributed by atoms with Gasteiger partial charge >= 0.3 is 17.9 Å². The number of unbranched alkanes of at least 4 members (excludes halogenated alkanes) is 35. The van der Waals surface area contributed by atoms with Crippen LogP contribution in [0.15, 0.2) is 109 Å². The molecule has 476 valence electrons. The number of rotatable bonds is 64. The number of allylic oxidation sites excluding steroid dienone is 18. The Morgan fingerprint density at radius 3 is 0.819 bits per heavy atom. The highest BCUT2D eigenvalue weighted by atomic mass is 16.6. The molecule has 0 aliphatic carbocycles. The molecule has 1 unspecified atom stereocenters. The number of esters is 3. The van der Waals surface area contributed by atoms with Crippen molar-refractivity contribution in [2.45, 2.75) is 348 Å². The van der Waals surface area contributed by atoms with Crippen LogP contribution in [0, 0.1) is 0 Å². The van der Waals surface area contributed by atoms with Crippen LogP contribution in [0.1, 0.15) is 342 Å². The first kappa shape index (κ1) is 79.1. The molecule has 0 N–H and O–H groups in total. The summed E-state index contributed by atoms with van der Waals surface area (Å²) in [4.78, 5) is 38.4. The lowest BCUT2D eigenvalue weighted by Gasteiger charge is -2.18. The lowest BCUT2D eigenvalue weighted by molar-refractivity contribution is -0.167. The van der Waals surface area contributed by atoms with Gasteiger partial charge in [-0.2, -0.15) is 0 Å². The van der Waals surface area contributed by atoms with Crippen molar-refractivity contribution in [3.8, 4) is 0 Å². The van der Waals surface area contributed by atoms with Crippen molar-refractivity contribution in [1.82, 2.24) is 0 Å². The van der Waals surface area contributed by atoms with E-state index in [4.69, 9.17) is 14.2 Å². The molecular formula is C77H132O6. The van der Waals surface area contributed by atoms with Gasteiger partial charge < -0.3 is 14.2 Å². The van der Waals surface area contributed by atoms with Gasteiger partial charge in [0.05, 0.1) is 0 Å². The molecule has 0 fully saturated rings. The molecule has 0 amide bonds. The minimum atomic E-state index is -0.810. The lowest BCUT2D eigenvalue weighted by Crippen LogP contribution is -2.30. The molecule has 1 atom stereocenters. The van der Waals surface area contributed by atoms with E-state index >= 15 is 0 Å². The molecule has 6 heteroatoms. The molecule has 0 saturated carbocycles. The van der Waals surface area contributed by atoms with Crippen molar-refractivity contribution >= 4 is 17.9 Å². The number of carbonyl (C=O) groups is 3. The van der Waals surface area contributed by atoms with Crippen LogP contribution in [0.25, 0.3) is 0 Å². The Hall–Kier alpha value is -3.93. The van der Waals surface area contributed by atoms with Gasteiger partial charge in [-0.1, -0.05) is 310 Å². The highest BCUT2D eigenvalue weighted by Gasteiger charge is 2.19. The Morgan fingerprint density at radius 1 is 0.253 bits per heavy atom. The van der Waals surface area contributed by atoms with Crippen LogP contribution < -0.4 is 0 Å². The Bertz CT molecular complexity index is 1660. The summed E-state index contributed by atoms with van der Waals surface area (Å²) >= 11 is 0. The maximum atomic E-state index is 12.9. The minimum absolute atomic E-state index is 0.0993. The molecule has 0 saturated heterocycles. The second-order valence-electron chi connectivity index (χ2n) is 23.4. The van der Waals surface area contributed by atoms with Gasteiger partial charge in [0, 0.05) is 19.3 Å². The smallest absolute Gasteiger partial charge is 0.306 e. The first-order valence-corrected chi connectivity index (χ1v) is 35.4. The average molecular weight is 1150 g/mol. The van der Waals surface area contributed by atoms with E-state index < -0.39 is 6.10 Å². The fourth-order valence-electron chi connectivity index (χ4n) is 9.95. The van der Waals surface area contributed by atoms with E-state index in [2.05, 4.69) is 130 Å². The van der Waals surface area contributed by atoms with Gasteiger partial charge in [-0.25, -0.2) is 0 Å². The second-order valence-corrected chi connectivity index (χ2v) is 23.4. The standard InChI is InChI=1S/C77H132O6/c1-4-7-10-13-16-19-22-25-27-29-31-33-34-35-36-37-38-39-40-41-42-44-45-47-49-52-55-58-61-64-67-70-76(79)82-73-74(72-81-75(78)69-66-63-60-57-54-51-24-21-18-15-12-9-6-3)83-77(80)71-68-65-62-59-56-53-50-48-46-43-32-30-28-26-23-20-17-14-11-8-5-2/h8,11-12,15,17,20-21,24,26,28-29,31-32,43,48,50,56,59,74H,4-7,9-10,13-14,16,18-19,22-23,25,27,30,33-42,44-47,49,51-55,57-58,60-73H2,1-3H3/b11-8-,15-12-,20-17-,24-21-,28-26-,31-29-,43-32-,50-48-,59-56-. The largest absolute Gasteiger partial charge is 0.462 e. The van der Waals surface area contributed by atoms with Gasteiger partial charge in [0.15, 0.2) is 6.10 Å². The number of hydrogen-bond donors (Lipinski definition) is 0. The summed E-state index contributed by atoms with van der Waals surface area (Å²) in [5, 5.41) is 0. The first-order chi connectivity index (χ1) is 41.0. The molecule has 6 nitrogen and oxygen atoms in total. The van der Waals surface area contributed by atoms with Crippen LogP contribution in [-0.2, 0) is 28.6 Å². The molecule has 83 heavy (non-hydrogen) atoms. The third-order valence-corrected chi connectivity index (χ3v) is 15.2. The fraction of sp³-hybridized carbons (Fsp3) is 0.727. The highest BCUT2D eigenvalue weighted by molar-refractivity contribution is 5.71. The van der Waals surface area contributed by atoms with Crippen LogP contribution in [0.2, 0.25) is 0 Å². The number of hydrogen-bond acceptors (Lipinski definition) is 6. The van der Waals surface area contributed by atoms with Gasteiger partial charge in [-0.05, 0) is 122 Å². The van der Waals surface area contributed by atoms with Crippen LogP contribution in [0.4, 0.5) is 0 Å². The topological polar surface area (TPSA) is 78.9 Å². The summed E-state index contributed by atoms with van der Waals surface area (Å²) < 4.78 is 16.9. The monoisotopic (exact) mass is 1150 g/mol. The van der Waals surface area contributed by atoms with E-state index in [-0.39, 0.29) is 37.5 Å². The molecule has 0 spiro atoms. The molecule has 0 aromatic rings. The molecular weight excluding hydrogens is 1020 g/mol. The van der Waals surface area contributed by atoms with Gasteiger partial charge in [0.2, 0.25) is 0 Å². The summed E-state index contributed by atoms with van der Waals surface area (Å²) in [6.45, 7) is 6.45. The van der Waals surface area contributed by atoms with Crippen molar-refractivity contribution < 1.29 is 28.6 Å². The maximum absolute atomic E-state index is 12.9. The van der Waals surface area contributed by atoms with E-state index in [1.807, 2.05) is 0 Å². The van der Waals surface area contributed by atoms with Crippen LogP contribution in [0.5, 0.6) is 0 Å². The highest BCUT2D eigenvalue weighted by Crippen LogP contribution is 2.17. The van der Waals surface area contributed by atoms with Gasteiger partial charge in [0.25, 0.3) is 0 Å². The minimum Gasteiger partial charge on any atom is -0.462 e. The van der Waals surface area contributed by atoms with Gasteiger partial charge in [0.1, 0.15) is 13.2 Å². The number of carbonyl (C=O) groups excluding carboxylic acids is 3. The van der Waals surface area contributed by atoms with E-state index in [0.717, 1.165) is 122 Å². The molecule has 0 aliphatic rings. The van der Waals surface area contributed by atoms with Crippen molar-refractivity contribution in [2.75, 3.05) is 13.2 Å². The molecule has 0 aromatic carbocycles. The van der Waals surface area contributed by atoms with Crippen molar-refractivity contribution in [1.29, 1.82) is 0 Å². The molecule has 0 bridgehead atoms. The molecule has 0 heterocycles. The molecule has 0 aliphatic heterocycles. The van der Waals surface area contributed by atoms with Gasteiger partial charge in [-0.15, -0.1) is 0 Å². The van der Waals surface area contributed by atoms with Crippen LogP contribution in [0.3, 0.4) is 0 Å². The Morgan fingerprint density at radius 2 is 0.494 bits per heavy atom. The Labute approximate surface area is 514 Å². The van der Waals surface area contributed by atoms with E-state index in [1.54, 1.807) is 0 Å². The number of ether oxygens (including phenoxy) is 3. The van der Waals surface area contributed by atoms with Crippen LogP contribution in [-0.4, -0.2) is 37.2 Å². The summed E-state index contributed by atoms with van der Waals surface area (Å²) in [6, 6.07) is 0. The summed E-state index contributed by atoms with van der Waals surface area (Å²) in [5.74, 6) is -0.947. The second kappa shape index (κ2) is 70.6. The van der Waals surface area contributed by atoms with Crippen molar-refractivity contribution in [3.63, 3.8) is 0 Å². The third-order valence-electron chi connectivity index (χ3n) is 15.2. The quantitative estimate of drug-likeness (QED) is 0.0261. The van der Waals surface area contributed by atoms with E-state index in [9.17, 15) is 14.4 Å². The molecule has 0 radical (unpaired) electrons. The van der Waals surface area contributed by atoms with Crippen molar-refractivity contribution in [3.05, 3.63) is 109 Å². The average Bonchev–Trinajstić information content (AvgIpc) is 3.49. The molecule has 0 rings (SSSR count). The first-order valence-electron chi connectivity index (χ1n) is 35.4. The van der Waals surface area contributed by atoms with Gasteiger partial charge in [-0.3, -0.25) is 14.4 Å². The summed E-state index contributed by atoms with van der Waals surface area (Å²) in [6.07, 6.45) is 97.1. The Kier molecular flexibility index (Phi) is 67.2. The zero-order chi connectivity index (χ0) is 59.9. The SMILES string of the molecule is CC/C=C\C/C=C\C/C=C\C/C=C\C/C=C\C/C=C\CCCCC(=O)OC(COC(=O)CCCCCCC/C=C\C/C=C\CCC)COC(=O)CCCCCCCCCCCCCCCCCCCCC/C=C\CCCCCCCCCC. The zero-order valence-corrected chi connectivity index (χ0v) is 54.7. The zero-order valence-electron chi connectivity index (χ0n) is 54.7.